The standard InChI is InChI=1S/C19H23FN6O3/c1-3-4-13-10-18(25-8-7-15(11-25)21-12(2)27)24-19(22-13)23-14-5-6-16(20)17(9-14)26(28)29/h5-6,9-10,15H,3-4,7-8,11H2,1-2H3,(H,21,27)(H,22,23,24). The lowest BCUT2D eigenvalue weighted by molar-refractivity contribution is -0.387. The average Bonchev–Trinajstić information content (AvgIpc) is 3.11. The number of benzene rings is 1. The number of amides is 1. The molecule has 2 N–H and O–H groups in total. The van der Waals surface area contributed by atoms with Crippen LogP contribution in [0.15, 0.2) is 24.3 Å². The Labute approximate surface area is 167 Å². The van der Waals surface area contributed by atoms with Crippen molar-refractivity contribution in [3.05, 3.63) is 45.9 Å². The zero-order chi connectivity index (χ0) is 21.0. The molecule has 1 amide bonds. The Morgan fingerprint density at radius 1 is 1.38 bits per heavy atom. The average molecular weight is 402 g/mol. The highest BCUT2D eigenvalue weighted by Crippen LogP contribution is 2.26. The Bertz CT molecular complexity index is 923. The van der Waals surface area contributed by atoms with Gasteiger partial charge in [-0.1, -0.05) is 13.3 Å². The van der Waals surface area contributed by atoms with Crippen molar-refractivity contribution in [1.82, 2.24) is 15.3 Å². The number of anilines is 3. The molecule has 10 heteroatoms. The molecule has 1 atom stereocenters. The topological polar surface area (TPSA) is 113 Å². The summed E-state index contributed by atoms with van der Waals surface area (Å²) in [5.41, 5.74) is 0.549. The zero-order valence-electron chi connectivity index (χ0n) is 16.3. The molecule has 154 valence electrons. The van der Waals surface area contributed by atoms with Gasteiger partial charge < -0.3 is 15.5 Å². The Morgan fingerprint density at radius 2 is 2.17 bits per heavy atom. The first kappa shape index (κ1) is 20.4. The van der Waals surface area contributed by atoms with E-state index in [-0.39, 0.29) is 17.9 Å². The fraction of sp³-hybridized carbons (Fsp3) is 0.421. The lowest BCUT2D eigenvalue weighted by Crippen LogP contribution is -2.35. The smallest absolute Gasteiger partial charge is 0.306 e. The minimum Gasteiger partial charge on any atom is -0.354 e. The van der Waals surface area contributed by atoms with Crippen LogP contribution in [0.25, 0.3) is 0 Å². The van der Waals surface area contributed by atoms with E-state index < -0.39 is 16.4 Å². The largest absolute Gasteiger partial charge is 0.354 e. The second-order valence-electron chi connectivity index (χ2n) is 6.97. The van der Waals surface area contributed by atoms with Gasteiger partial charge in [0.15, 0.2) is 0 Å². The van der Waals surface area contributed by atoms with Gasteiger partial charge in [0.2, 0.25) is 17.7 Å². The number of nitrogens with one attached hydrogen (secondary N) is 2. The molecule has 1 aromatic carbocycles. The minimum atomic E-state index is -0.900. The predicted octanol–water partition coefficient (Wildman–Crippen LogP) is 2.93. The van der Waals surface area contributed by atoms with Crippen molar-refractivity contribution in [3.8, 4) is 0 Å². The number of hydrogen-bond donors (Lipinski definition) is 2. The van der Waals surface area contributed by atoms with E-state index in [4.69, 9.17) is 0 Å². The predicted molar refractivity (Wildman–Crippen MR) is 107 cm³/mol. The maximum Gasteiger partial charge on any atom is 0.306 e. The third-order valence-electron chi connectivity index (χ3n) is 4.59. The van der Waals surface area contributed by atoms with Gasteiger partial charge in [0.25, 0.3) is 0 Å². The van der Waals surface area contributed by atoms with Gasteiger partial charge in [0, 0.05) is 49.6 Å². The van der Waals surface area contributed by atoms with Gasteiger partial charge in [-0.05, 0) is 25.0 Å². The number of aryl methyl sites for hydroxylation is 1. The first-order chi connectivity index (χ1) is 13.9. The number of carbonyl (C=O) groups excluding carboxylic acids is 1. The number of hydrogen-bond acceptors (Lipinski definition) is 7. The van der Waals surface area contributed by atoms with Crippen molar-refractivity contribution in [2.45, 2.75) is 39.2 Å². The van der Waals surface area contributed by atoms with Gasteiger partial charge in [-0.25, -0.2) is 4.98 Å². The Morgan fingerprint density at radius 3 is 2.86 bits per heavy atom. The summed E-state index contributed by atoms with van der Waals surface area (Å²) in [6.45, 7) is 4.93. The van der Waals surface area contributed by atoms with Crippen LogP contribution < -0.4 is 15.5 Å². The van der Waals surface area contributed by atoms with Crippen molar-refractivity contribution in [2.24, 2.45) is 0 Å². The quantitative estimate of drug-likeness (QED) is 0.541. The van der Waals surface area contributed by atoms with E-state index in [1.54, 1.807) is 0 Å². The molecule has 2 heterocycles. The Balaban J connectivity index is 1.85. The maximum atomic E-state index is 13.6. The molecule has 0 bridgehead atoms. The Hall–Kier alpha value is -3.30. The van der Waals surface area contributed by atoms with E-state index in [1.807, 2.05) is 13.0 Å². The Kier molecular flexibility index (Phi) is 6.20. The summed E-state index contributed by atoms with van der Waals surface area (Å²) in [4.78, 5) is 32.6. The van der Waals surface area contributed by atoms with E-state index in [9.17, 15) is 19.3 Å². The SMILES string of the molecule is CCCc1cc(N2CCC(NC(C)=O)C2)nc(Nc2ccc(F)c([N+](=O)[O-])c2)n1. The second kappa shape index (κ2) is 8.80. The van der Waals surface area contributed by atoms with Crippen LogP contribution >= 0.6 is 0 Å². The van der Waals surface area contributed by atoms with E-state index in [1.165, 1.54) is 13.0 Å². The van der Waals surface area contributed by atoms with Crippen LogP contribution in [-0.4, -0.2) is 39.9 Å². The molecule has 0 radical (unpaired) electrons. The highest BCUT2D eigenvalue weighted by molar-refractivity contribution is 5.73. The van der Waals surface area contributed by atoms with Gasteiger partial charge in [0.05, 0.1) is 4.92 Å². The molecular weight excluding hydrogens is 379 g/mol. The molecule has 3 rings (SSSR count). The van der Waals surface area contributed by atoms with E-state index in [2.05, 4.69) is 25.5 Å². The highest BCUT2D eigenvalue weighted by atomic mass is 19.1. The molecule has 0 spiro atoms. The summed E-state index contributed by atoms with van der Waals surface area (Å²) in [7, 11) is 0. The third kappa shape index (κ3) is 5.15. The molecule has 1 unspecified atom stereocenters. The van der Waals surface area contributed by atoms with Crippen LogP contribution in [0.1, 0.15) is 32.4 Å². The van der Waals surface area contributed by atoms with Crippen molar-refractivity contribution < 1.29 is 14.1 Å². The fourth-order valence-corrected chi connectivity index (χ4v) is 3.32. The number of nitrogens with zero attached hydrogens (tertiary/aromatic N) is 4. The molecule has 1 aliphatic rings. The third-order valence-corrected chi connectivity index (χ3v) is 4.59. The van der Waals surface area contributed by atoms with Crippen LogP contribution in [0.5, 0.6) is 0 Å². The molecular formula is C19H23FN6O3. The van der Waals surface area contributed by atoms with Crippen LogP contribution in [0.3, 0.4) is 0 Å². The lowest BCUT2D eigenvalue weighted by atomic mass is 10.2. The molecule has 0 aliphatic carbocycles. The number of carbonyl (C=O) groups is 1. The van der Waals surface area contributed by atoms with E-state index in [0.717, 1.165) is 49.5 Å². The van der Waals surface area contributed by atoms with Gasteiger partial charge in [-0.2, -0.15) is 9.37 Å². The fourth-order valence-electron chi connectivity index (χ4n) is 3.32. The first-order valence-corrected chi connectivity index (χ1v) is 9.46. The number of rotatable bonds is 7. The summed E-state index contributed by atoms with van der Waals surface area (Å²) < 4.78 is 13.6. The molecule has 2 aromatic rings. The van der Waals surface area contributed by atoms with Crippen LogP contribution in [0, 0.1) is 15.9 Å². The summed E-state index contributed by atoms with van der Waals surface area (Å²) >= 11 is 0. The molecule has 29 heavy (non-hydrogen) atoms. The number of halogens is 1. The van der Waals surface area contributed by atoms with Crippen molar-refractivity contribution in [1.29, 1.82) is 0 Å². The number of aromatic nitrogens is 2. The van der Waals surface area contributed by atoms with Gasteiger partial charge >= 0.3 is 5.69 Å². The maximum absolute atomic E-state index is 13.6. The van der Waals surface area contributed by atoms with Gasteiger partial charge in [-0.15, -0.1) is 0 Å². The van der Waals surface area contributed by atoms with Crippen molar-refractivity contribution >= 4 is 29.0 Å². The zero-order valence-corrected chi connectivity index (χ0v) is 16.3. The minimum absolute atomic E-state index is 0.0632. The van der Waals surface area contributed by atoms with Gasteiger partial charge in [0.1, 0.15) is 5.82 Å². The van der Waals surface area contributed by atoms with Crippen molar-refractivity contribution in [2.75, 3.05) is 23.3 Å². The van der Waals surface area contributed by atoms with Crippen LogP contribution in [0.4, 0.5) is 27.5 Å². The highest BCUT2D eigenvalue weighted by Gasteiger charge is 2.25. The first-order valence-electron chi connectivity index (χ1n) is 9.46. The molecule has 1 saturated heterocycles. The van der Waals surface area contributed by atoms with Crippen LogP contribution in [-0.2, 0) is 11.2 Å². The summed E-state index contributed by atoms with van der Waals surface area (Å²) in [5, 5.41) is 16.8. The molecule has 0 saturated carbocycles. The number of nitro groups is 1. The molecule has 1 fully saturated rings. The van der Waals surface area contributed by atoms with Crippen LogP contribution in [0.2, 0.25) is 0 Å². The van der Waals surface area contributed by atoms with E-state index in [0.29, 0.717) is 12.2 Å². The molecule has 1 aliphatic heterocycles. The van der Waals surface area contributed by atoms with Gasteiger partial charge in [-0.3, -0.25) is 14.9 Å². The number of nitro benzene ring substituents is 1. The van der Waals surface area contributed by atoms with Crippen molar-refractivity contribution in [3.63, 3.8) is 0 Å². The molecule has 1 aromatic heterocycles. The monoisotopic (exact) mass is 402 g/mol. The van der Waals surface area contributed by atoms with E-state index >= 15 is 0 Å². The summed E-state index contributed by atoms with van der Waals surface area (Å²) in [6, 6.07) is 5.54. The second-order valence-corrected chi connectivity index (χ2v) is 6.97. The lowest BCUT2D eigenvalue weighted by Gasteiger charge is -2.19. The molecule has 9 nitrogen and oxygen atoms in total. The summed E-state index contributed by atoms with van der Waals surface area (Å²) in [5.74, 6) is 0.0414. The normalized spacial score (nSPS) is 16.0. The summed E-state index contributed by atoms with van der Waals surface area (Å²) in [6.07, 6.45) is 2.46.